The molecule has 0 fully saturated rings. The van der Waals surface area contributed by atoms with Crippen molar-refractivity contribution >= 4 is 35.7 Å². The zero-order valence-electron chi connectivity index (χ0n) is 34.0. The van der Waals surface area contributed by atoms with Crippen molar-refractivity contribution < 1.29 is 77.0 Å². The van der Waals surface area contributed by atoms with Gasteiger partial charge in [0.1, 0.15) is 0 Å². The number of aliphatic carboxylic acids is 1. The second kappa shape index (κ2) is 19.8. The lowest BCUT2D eigenvalue weighted by atomic mass is 9.86. The maximum Gasteiger partial charge on any atom is 0.416 e. The van der Waals surface area contributed by atoms with Crippen LogP contribution >= 0.6 is 0 Å². The van der Waals surface area contributed by atoms with Crippen molar-refractivity contribution in [1.82, 2.24) is 10.6 Å². The quantitative estimate of drug-likeness (QED) is 0.114. The number of carboxylic acids is 1. The van der Waals surface area contributed by atoms with E-state index in [9.17, 15) is 71.9 Å². The Hall–Kier alpha value is -6.40. The smallest absolute Gasteiger partial charge is 0.416 e. The van der Waals surface area contributed by atoms with Crippen LogP contribution in [0.15, 0.2) is 84.9 Å². The third-order valence-corrected chi connectivity index (χ3v) is 10.5. The molecule has 3 N–H and O–H groups in total. The highest BCUT2D eigenvalue weighted by Crippen LogP contribution is 2.39. The van der Waals surface area contributed by atoms with Crippen LogP contribution in [0.2, 0.25) is 0 Å². The summed E-state index contributed by atoms with van der Waals surface area (Å²) in [5.74, 6) is -3.21. The van der Waals surface area contributed by atoms with E-state index in [1.54, 1.807) is 43.3 Å². The van der Waals surface area contributed by atoms with E-state index >= 15 is 0 Å². The van der Waals surface area contributed by atoms with Crippen LogP contribution < -0.4 is 10.6 Å². The number of alkyl halides is 12. The molecule has 4 aromatic rings. The molecule has 2 aliphatic rings. The predicted molar refractivity (Wildman–Crippen MR) is 213 cm³/mol. The normalized spacial score (nSPS) is 16.6. The van der Waals surface area contributed by atoms with E-state index in [0.29, 0.717) is 80.3 Å². The number of aryl methyl sites for hydroxylation is 2. The zero-order chi connectivity index (χ0) is 48.1. The summed E-state index contributed by atoms with van der Waals surface area (Å²) >= 11 is 0. The molecule has 0 radical (unpaired) electrons. The molecule has 0 aliphatic heterocycles. The monoisotopic (exact) mass is 926 g/mol. The van der Waals surface area contributed by atoms with Crippen LogP contribution in [-0.2, 0) is 47.1 Å². The Morgan fingerprint density at radius 3 is 1.23 bits per heavy atom. The molecule has 0 aromatic heterocycles. The molecule has 0 heterocycles. The molecule has 6 rings (SSSR count). The summed E-state index contributed by atoms with van der Waals surface area (Å²) in [4.78, 5) is 47.4. The van der Waals surface area contributed by atoms with E-state index in [1.807, 2.05) is 6.07 Å². The molecule has 0 saturated heterocycles. The second-order valence-corrected chi connectivity index (χ2v) is 15.2. The number of ketones is 1. The molecule has 19 heteroatoms. The van der Waals surface area contributed by atoms with Gasteiger partial charge in [0.05, 0.1) is 34.3 Å². The highest BCUT2D eigenvalue weighted by Gasteiger charge is 2.39. The van der Waals surface area contributed by atoms with Crippen molar-refractivity contribution in [3.8, 4) is 0 Å². The summed E-state index contributed by atoms with van der Waals surface area (Å²) in [6, 6.07) is 10.8. The fraction of sp³-hybridized carbons (Fsp3) is 0.304. The summed E-state index contributed by atoms with van der Waals surface area (Å²) < 4.78 is 157. The Balaban J connectivity index is 0.000000244. The summed E-state index contributed by atoms with van der Waals surface area (Å²) in [5, 5.41) is 13.8. The van der Waals surface area contributed by atoms with Gasteiger partial charge in [0.2, 0.25) is 0 Å². The van der Waals surface area contributed by atoms with Crippen LogP contribution in [0.3, 0.4) is 0 Å². The number of rotatable bonds is 9. The lowest BCUT2D eigenvalue weighted by Gasteiger charge is -2.27. The Kier molecular flexibility index (Phi) is 15.1. The van der Waals surface area contributed by atoms with Gasteiger partial charge in [-0.1, -0.05) is 49.4 Å². The third-order valence-electron chi connectivity index (χ3n) is 10.5. The number of nitrogens with one attached hydrogen (secondary N) is 2. The Bertz CT molecular complexity index is 2440. The molecule has 2 atom stereocenters. The molecule has 2 aliphatic carbocycles. The standard InChI is InChI=1S/C24H21F6NO2.C22H17F6NO3/c1-2-19(32)8-6-14-7-9-20-15(10-14)4-3-5-21(20)31-22(33)16-11-17(23(25,26)27)13-18(12-16)24(28,29)30;23-21(24,25)15-9-14(10-16(11-15)22(26,27)28)20(32)29-18-3-1-2-13-8-12(4-6-17(13)18)5-7-19(30)31/h6-13,21H,2-5H2,1H3,(H,31,33);4-11,18H,1-3H2,(H,29,32)(H,30,31)/b8-6+;7-5+. The Morgan fingerprint density at radius 2 is 0.908 bits per heavy atom. The van der Waals surface area contributed by atoms with Gasteiger partial charge in [0.25, 0.3) is 11.8 Å². The number of hydrogen-bond acceptors (Lipinski definition) is 4. The van der Waals surface area contributed by atoms with Crippen LogP contribution in [0.25, 0.3) is 12.2 Å². The topological polar surface area (TPSA) is 113 Å². The summed E-state index contributed by atoms with van der Waals surface area (Å²) in [6.45, 7) is 1.74. The second-order valence-electron chi connectivity index (χ2n) is 15.2. The summed E-state index contributed by atoms with van der Waals surface area (Å²) in [7, 11) is 0. The van der Waals surface area contributed by atoms with Crippen LogP contribution in [0.4, 0.5) is 52.7 Å². The fourth-order valence-electron chi connectivity index (χ4n) is 7.31. The van der Waals surface area contributed by atoms with Gasteiger partial charge in [0.15, 0.2) is 5.78 Å². The minimum absolute atomic E-state index is 0.00891. The highest BCUT2D eigenvalue weighted by molar-refractivity contribution is 5.96. The minimum atomic E-state index is -5.05. The minimum Gasteiger partial charge on any atom is -0.478 e. The van der Waals surface area contributed by atoms with Crippen LogP contribution in [0.5, 0.6) is 0 Å². The molecule has 2 unspecified atom stereocenters. The first kappa shape index (κ1) is 49.6. The average molecular weight is 927 g/mol. The largest absolute Gasteiger partial charge is 0.478 e. The number of halogens is 12. The van der Waals surface area contributed by atoms with E-state index < -0.39 is 88.0 Å². The first-order valence-electron chi connectivity index (χ1n) is 19.8. The van der Waals surface area contributed by atoms with Crippen molar-refractivity contribution in [1.29, 1.82) is 0 Å². The number of carbonyl (C=O) groups excluding carboxylic acids is 3. The number of allylic oxidation sites excluding steroid dienone is 1. The number of hydrogen-bond donors (Lipinski definition) is 3. The molecule has 2 amide bonds. The Morgan fingerprint density at radius 1 is 0.554 bits per heavy atom. The number of carboxylic acid groups (broad SMARTS) is 1. The van der Waals surface area contributed by atoms with Gasteiger partial charge >= 0.3 is 30.7 Å². The van der Waals surface area contributed by atoms with E-state index in [0.717, 1.165) is 28.3 Å². The average Bonchev–Trinajstić information content (AvgIpc) is 3.23. The highest BCUT2D eigenvalue weighted by atomic mass is 19.4. The van der Waals surface area contributed by atoms with Crippen LogP contribution in [0, 0.1) is 0 Å². The van der Waals surface area contributed by atoms with E-state index in [4.69, 9.17) is 5.11 Å². The molecular weight excluding hydrogens is 888 g/mol. The van der Waals surface area contributed by atoms with Gasteiger partial charge in [0, 0.05) is 23.6 Å². The predicted octanol–water partition coefficient (Wildman–Crippen LogP) is 12.2. The van der Waals surface area contributed by atoms with Gasteiger partial charge in [-0.25, -0.2) is 4.79 Å². The van der Waals surface area contributed by atoms with Crippen molar-refractivity contribution in [2.24, 2.45) is 0 Å². The molecule has 7 nitrogen and oxygen atoms in total. The van der Waals surface area contributed by atoms with Crippen molar-refractivity contribution in [3.05, 3.63) is 152 Å². The first-order chi connectivity index (χ1) is 30.2. The molecule has 0 spiro atoms. The summed E-state index contributed by atoms with van der Waals surface area (Å²) in [6.07, 6.45) is -10.7. The van der Waals surface area contributed by atoms with Gasteiger partial charge in [-0.15, -0.1) is 0 Å². The van der Waals surface area contributed by atoms with E-state index in [2.05, 4.69) is 10.6 Å². The van der Waals surface area contributed by atoms with Crippen LogP contribution in [-0.4, -0.2) is 28.7 Å². The maximum absolute atomic E-state index is 13.1. The molecule has 0 bridgehead atoms. The fourth-order valence-corrected chi connectivity index (χ4v) is 7.31. The number of carbonyl (C=O) groups is 4. The number of fused-ring (bicyclic) bond motifs is 2. The zero-order valence-corrected chi connectivity index (χ0v) is 34.0. The molecule has 0 saturated carbocycles. The Labute approximate surface area is 363 Å². The van der Waals surface area contributed by atoms with Crippen molar-refractivity contribution in [3.63, 3.8) is 0 Å². The third kappa shape index (κ3) is 13.3. The lowest BCUT2D eigenvalue weighted by Crippen LogP contribution is -2.31. The molecular formula is C46H38F12N2O5. The van der Waals surface area contributed by atoms with Crippen molar-refractivity contribution in [2.45, 2.75) is 88.7 Å². The molecule has 65 heavy (non-hydrogen) atoms. The van der Waals surface area contributed by atoms with Gasteiger partial charge in [-0.05, 0) is 120 Å². The van der Waals surface area contributed by atoms with E-state index in [1.165, 1.54) is 12.2 Å². The SMILES string of the molecule is CCC(=O)/C=C/c1ccc2c(c1)CCCC2NC(=O)c1cc(C(F)(F)F)cc(C(F)(F)F)c1.O=C(O)/C=C/c1ccc2c(c1)CCCC2NC(=O)c1cc(C(F)(F)F)cc(C(F)(F)F)c1. The first-order valence-corrected chi connectivity index (χ1v) is 19.8. The van der Waals surface area contributed by atoms with E-state index in [-0.39, 0.29) is 17.9 Å². The maximum atomic E-state index is 13.1. The van der Waals surface area contributed by atoms with Gasteiger partial charge in [-0.2, -0.15) is 52.7 Å². The summed E-state index contributed by atoms with van der Waals surface area (Å²) in [5.41, 5.74) is -3.09. The lowest BCUT2D eigenvalue weighted by molar-refractivity contribution is -0.144. The van der Waals surface area contributed by atoms with Crippen molar-refractivity contribution in [2.75, 3.05) is 0 Å². The van der Waals surface area contributed by atoms with Gasteiger partial charge in [-0.3, -0.25) is 14.4 Å². The molecule has 346 valence electrons. The molecule has 4 aromatic carbocycles. The number of amides is 2. The number of benzene rings is 4. The van der Waals surface area contributed by atoms with Crippen LogP contribution in [0.1, 0.15) is 127 Å². The van der Waals surface area contributed by atoms with Gasteiger partial charge < -0.3 is 15.7 Å².